The first-order valence-electron chi connectivity index (χ1n) is 7.76. The van der Waals surface area contributed by atoms with Crippen molar-refractivity contribution in [3.05, 3.63) is 34.4 Å². The first-order chi connectivity index (χ1) is 12.1. The molecular weight excluding hydrogens is 364 g/mol. The molecule has 0 saturated heterocycles. The summed E-state index contributed by atoms with van der Waals surface area (Å²) in [7, 11) is 0. The van der Waals surface area contributed by atoms with Crippen LogP contribution in [0.3, 0.4) is 0 Å². The summed E-state index contributed by atoms with van der Waals surface area (Å²) in [5.74, 6) is -0.798. The molecule has 0 fully saturated rings. The molecule has 0 spiro atoms. The molecule has 144 valence electrons. The molecule has 0 heterocycles. The number of carboxylic acid groups (broad SMARTS) is 1. The summed E-state index contributed by atoms with van der Waals surface area (Å²) in [5.41, 5.74) is -0.525. The normalized spacial score (nSPS) is 12.3. The molecule has 0 saturated carbocycles. The Morgan fingerprint density at radius 3 is 2.42 bits per heavy atom. The van der Waals surface area contributed by atoms with E-state index in [1.807, 2.05) is 0 Å². The van der Waals surface area contributed by atoms with E-state index in [0.717, 1.165) is 4.90 Å². The van der Waals surface area contributed by atoms with Gasteiger partial charge in [0.15, 0.2) is 6.04 Å². The molecule has 10 heteroatoms. The van der Waals surface area contributed by atoms with Gasteiger partial charge in [-0.25, -0.2) is 9.59 Å². The lowest BCUT2D eigenvalue weighted by Gasteiger charge is -2.22. The molecule has 1 atom stereocenters. The Morgan fingerprint density at radius 2 is 1.92 bits per heavy atom. The van der Waals surface area contributed by atoms with Crippen LogP contribution in [0.5, 0.6) is 0 Å². The third kappa shape index (κ3) is 8.67. The highest BCUT2D eigenvalue weighted by Crippen LogP contribution is 2.21. The van der Waals surface area contributed by atoms with Crippen LogP contribution in [0, 0.1) is 10.1 Å². The minimum Gasteiger partial charge on any atom is -0.480 e. The summed E-state index contributed by atoms with van der Waals surface area (Å²) >= 11 is 1.35. The minimum atomic E-state index is -1.22. The van der Waals surface area contributed by atoms with E-state index in [-0.39, 0.29) is 18.9 Å². The largest absolute Gasteiger partial charge is 0.480 e. The number of aliphatic carboxylic acids is 1. The van der Waals surface area contributed by atoms with E-state index in [4.69, 9.17) is 14.6 Å². The van der Waals surface area contributed by atoms with Crippen molar-refractivity contribution < 1.29 is 29.1 Å². The van der Waals surface area contributed by atoms with Crippen LogP contribution in [-0.2, 0) is 14.3 Å². The van der Waals surface area contributed by atoms with E-state index in [1.165, 1.54) is 23.9 Å². The Bertz CT molecular complexity index is 628. The van der Waals surface area contributed by atoms with Gasteiger partial charge in [0.05, 0.1) is 17.1 Å². The van der Waals surface area contributed by atoms with Gasteiger partial charge in [0.25, 0.3) is 5.69 Å². The smallest absolute Gasteiger partial charge is 0.407 e. The number of rotatable bonds is 9. The average Bonchev–Trinajstić information content (AvgIpc) is 2.54. The molecule has 0 unspecified atom stereocenters. The number of nitro groups is 1. The van der Waals surface area contributed by atoms with E-state index in [0.29, 0.717) is 5.75 Å². The van der Waals surface area contributed by atoms with Crippen LogP contribution in [0.2, 0.25) is 0 Å². The van der Waals surface area contributed by atoms with Crippen LogP contribution in [0.1, 0.15) is 20.8 Å². The molecule has 0 radical (unpaired) electrons. The first-order valence-corrected chi connectivity index (χ1v) is 8.74. The predicted octanol–water partition coefficient (Wildman–Crippen LogP) is 2.68. The molecular formula is C16H22N2O7S. The molecule has 0 aromatic heterocycles. The maximum absolute atomic E-state index is 11.7. The van der Waals surface area contributed by atoms with Crippen molar-refractivity contribution in [1.82, 2.24) is 5.32 Å². The topological polar surface area (TPSA) is 128 Å². The van der Waals surface area contributed by atoms with Gasteiger partial charge in [0, 0.05) is 22.8 Å². The van der Waals surface area contributed by atoms with E-state index >= 15 is 0 Å². The SMILES string of the molecule is CC(C)(C)OC[C@H](NC(=O)OCCSc1ccc([N+](=O)[O-])cc1)C(=O)O. The average molecular weight is 386 g/mol. The molecule has 1 rings (SSSR count). The predicted molar refractivity (Wildman–Crippen MR) is 95.4 cm³/mol. The molecule has 0 aliphatic carbocycles. The van der Waals surface area contributed by atoms with Crippen molar-refractivity contribution in [1.29, 1.82) is 0 Å². The Morgan fingerprint density at radius 1 is 1.31 bits per heavy atom. The standard InChI is InChI=1S/C16H22N2O7S/c1-16(2,3)25-10-13(14(19)20)17-15(21)24-8-9-26-12-6-4-11(5-7-12)18(22)23/h4-7,13H,8-10H2,1-3H3,(H,17,21)(H,19,20)/t13-/m0/s1. The number of non-ortho nitro benzene ring substituents is 1. The summed E-state index contributed by atoms with van der Waals surface area (Å²) in [5, 5.41) is 21.9. The molecule has 0 bridgehead atoms. The van der Waals surface area contributed by atoms with E-state index in [2.05, 4.69) is 5.32 Å². The van der Waals surface area contributed by atoms with Crippen LogP contribution in [-0.4, -0.2) is 52.7 Å². The number of ether oxygens (including phenoxy) is 2. The lowest BCUT2D eigenvalue weighted by molar-refractivity contribution is -0.384. The third-order valence-corrected chi connectivity index (χ3v) is 3.88. The van der Waals surface area contributed by atoms with E-state index in [1.54, 1.807) is 32.9 Å². The summed E-state index contributed by atoms with van der Waals surface area (Å²) in [6.07, 6.45) is -0.848. The second kappa shape index (κ2) is 9.97. The molecule has 0 aliphatic rings. The minimum absolute atomic E-state index is 0.00201. The van der Waals surface area contributed by atoms with Crippen molar-refractivity contribution in [3.63, 3.8) is 0 Å². The monoisotopic (exact) mass is 386 g/mol. The van der Waals surface area contributed by atoms with Crippen molar-refractivity contribution in [2.45, 2.75) is 37.3 Å². The maximum atomic E-state index is 11.7. The summed E-state index contributed by atoms with van der Waals surface area (Å²) < 4.78 is 10.3. The van der Waals surface area contributed by atoms with Crippen LogP contribution in [0.25, 0.3) is 0 Å². The van der Waals surface area contributed by atoms with Gasteiger partial charge in [0.1, 0.15) is 6.61 Å². The van der Waals surface area contributed by atoms with Crippen molar-refractivity contribution in [2.24, 2.45) is 0 Å². The van der Waals surface area contributed by atoms with Crippen LogP contribution in [0.15, 0.2) is 29.2 Å². The fraction of sp³-hybridized carbons (Fsp3) is 0.500. The molecule has 9 nitrogen and oxygen atoms in total. The number of amides is 1. The van der Waals surface area contributed by atoms with Crippen LogP contribution in [0.4, 0.5) is 10.5 Å². The highest BCUT2D eigenvalue weighted by atomic mass is 32.2. The van der Waals surface area contributed by atoms with Gasteiger partial charge in [-0.3, -0.25) is 10.1 Å². The highest BCUT2D eigenvalue weighted by molar-refractivity contribution is 7.99. The van der Waals surface area contributed by atoms with Gasteiger partial charge in [-0.1, -0.05) is 0 Å². The number of hydrogen-bond donors (Lipinski definition) is 2. The Labute approximate surface area is 155 Å². The number of nitrogens with zero attached hydrogens (tertiary/aromatic N) is 1. The van der Waals surface area contributed by atoms with Crippen molar-refractivity contribution in [2.75, 3.05) is 19.0 Å². The van der Waals surface area contributed by atoms with E-state index in [9.17, 15) is 19.7 Å². The summed E-state index contributed by atoms with van der Waals surface area (Å²) in [6.45, 7) is 5.21. The Balaban J connectivity index is 2.34. The highest BCUT2D eigenvalue weighted by Gasteiger charge is 2.23. The Hall–Kier alpha value is -2.33. The van der Waals surface area contributed by atoms with Crippen molar-refractivity contribution in [3.8, 4) is 0 Å². The lowest BCUT2D eigenvalue weighted by atomic mass is 10.2. The van der Waals surface area contributed by atoms with Gasteiger partial charge in [-0.15, -0.1) is 11.8 Å². The zero-order valence-electron chi connectivity index (χ0n) is 14.8. The van der Waals surface area contributed by atoms with Gasteiger partial charge < -0.3 is 19.9 Å². The number of hydrogen-bond acceptors (Lipinski definition) is 7. The van der Waals surface area contributed by atoms with Gasteiger partial charge in [-0.05, 0) is 32.9 Å². The number of carbonyl (C=O) groups is 2. The fourth-order valence-corrected chi connectivity index (χ4v) is 2.38. The third-order valence-electron chi connectivity index (χ3n) is 2.91. The molecule has 2 N–H and O–H groups in total. The maximum Gasteiger partial charge on any atom is 0.407 e. The number of thioether (sulfide) groups is 1. The van der Waals surface area contributed by atoms with Crippen molar-refractivity contribution >= 4 is 29.5 Å². The second-order valence-corrected chi connectivity index (χ2v) is 7.36. The number of alkyl carbamates (subject to hydrolysis) is 1. The zero-order valence-corrected chi connectivity index (χ0v) is 15.6. The number of nitro benzene ring substituents is 1. The Kier molecular flexibility index (Phi) is 8.33. The van der Waals surface area contributed by atoms with Gasteiger partial charge in [0.2, 0.25) is 0 Å². The lowest BCUT2D eigenvalue weighted by Crippen LogP contribution is -2.45. The van der Waals surface area contributed by atoms with Gasteiger partial charge in [-0.2, -0.15) is 0 Å². The molecule has 26 heavy (non-hydrogen) atoms. The van der Waals surface area contributed by atoms with Crippen LogP contribution < -0.4 is 5.32 Å². The summed E-state index contributed by atoms with van der Waals surface area (Å²) in [6, 6.07) is 4.79. The fourth-order valence-electron chi connectivity index (χ4n) is 1.65. The van der Waals surface area contributed by atoms with Gasteiger partial charge >= 0.3 is 12.1 Å². The number of nitrogens with one attached hydrogen (secondary N) is 1. The number of benzene rings is 1. The van der Waals surface area contributed by atoms with E-state index < -0.39 is 28.6 Å². The van der Waals surface area contributed by atoms with Crippen LogP contribution >= 0.6 is 11.8 Å². The zero-order chi connectivity index (χ0) is 19.7. The molecule has 0 aliphatic heterocycles. The number of carbonyl (C=O) groups excluding carboxylic acids is 1. The molecule has 1 amide bonds. The first kappa shape index (κ1) is 21.7. The number of carboxylic acids is 1. The quantitative estimate of drug-likeness (QED) is 0.287. The second-order valence-electron chi connectivity index (χ2n) is 6.19. The molecule has 1 aromatic rings. The molecule has 1 aromatic carbocycles. The summed E-state index contributed by atoms with van der Waals surface area (Å²) in [4.78, 5) is 33.7.